The van der Waals surface area contributed by atoms with Crippen molar-refractivity contribution in [1.82, 2.24) is 10.2 Å². The standard InChI is InChI=1S/C19H23Cl2N3O3S/c1-4-24(3)10-9-22-19(25)16-12-15(7-8-17(16)20)28(26,27)23-14-6-5-13(2)18(21)11-14/h5-8,11-12,23H,4,9-10H2,1-3H3,(H,22,25). The van der Waals surface area contributed by atoms with Crippen LogP contribution in [-0.4, -0.2) is 45.9 Å². The summed E-state index contributed by atoms with van der Waals surface area (Å²) in [6.45, 7) is 5.80. The van der Waals surface area contributed by atoms with Crippen LogP contribution in [0.1, 0.15) is 22.8 Å². The summed E-state index contributed by atoms with van der Waals surface area (Å²) in [5, 5.41) is 3.38. The zero-order chi connectivity index (χ0) is 20.9. The molecule has 0 unspecified atom stereocenters. The van der Waals surface area contributed by atoms with Crippen LogP contribution in [-0.2, 0) is 10.0 Å². The van der Waals surface area contributed by atoms with Crippen molar-refractivity contribution in [2.24, 2.45) is 0 Å². The van der Waals surface area contributed by atoms with Crippen LogP contribution >= 0.6 is 23.2 Å². The molecule has 152 valence electrons. The van der Waals surface area contributed by atoms with Crippen LogP contribution in [0.2, 0.25) is 10.0 Å². The molecule has 0 aromatic heterocycles. The Labute approximate surface area is 175 Å². The molecule has 0 radical (unpaired) electrons. The number of nitrogens with zero attached hydrogens (tertiary/aromatic N) is 1. The van der Waals surface area contributed by atoms with Crippen molar-refractivity contribution in [1.29, 1.82) is 0 Å². The number of benzene rings is 2. The molecular weight excluding hydrogens is 421 g/mol. The molecule has 0 atom stereocenters. The number of amides is 1. The van der Waals surface area contributed by atoms with E-state index in [0.717, 1.165) is 12.1 Å². The maximum Gasteiger partial charge on any atom is 0.261 e. The summed E-state index contributed by atoms with van der Waals surface area (Å²) < 4.78 is 27.8. The summed E-state index contributed by atoms with van der Waals surface area (Å²) in [6.07, 6.45) is 0. The number of nitrogens with one attached hydrogen (secondary N) is 2. The van der Waals surface area contributed by atoms with Crippen molar-refractivity contribution in [2.45, 2.75) is 18.7 Å². The van der Waals surface area contributed by atoms with Gasteiger partial charge < -0.3 is 10.2 Å². The van der Waals surface area contributed by atoms with Gasteiger partial charge in [-0.2, -0.15) is 0 Å². The summed E-state index contributed by atoms with van der Waals surface area (Å²) in [4.78, 5) is 14.4. The van der Waals surface area contributed by atoms with E-state index in [-0.39, 0.29) is 15.5 Å². The second kappa shape index (κ2) is 9.60. The summed E-state index contributed by atoms with van der Waals surface area (Å²) in [5.41, 5.74) is 1.27. The zero-order valence-corrected chi connectivity index (χ0v) is 18.2. The van der Waals surface area contributed by atoms with Crippen LogP contribution in [0.25, 0.3) is 0 Å². The van der Waals surface area contributed by atoms with Gasteiger partial charge in [0, 0.05) is 18.1 Å². The number of carbonyl (C=O) groups excluding carboxylic acids is 1. The fourth-order valence-corrected chi connectivity index (χ4v) is 3.79. The van der Waals surface area contributed by atoms with Gasteiger partial charge in [-0.25, -0.2) is 8.42 Å². The second-order valence-electron chi connectivity index (χ2n) is 6.36. The van der Waals surface area contributed by atoms with Gasteiger partial charge in [0.2, 0.25) is 0 Å². The molecule has 28 heavy (non-hydrogen) atoms. The van der Waals surface area contributed by atoms with Gasteiger partial charge in [0.1, 0.15) is 0 Å². The molecule has 0 heterocycles. The maximum absolute atomic E-state index is 12.7. The van der Waals surface area contributed by atoms with E-state index in [0.29, 0.717) is 23.8 Å². The molecule has 1 amide bonds. The normalized spacial score (nSPS) is 11.5. The third-order valence-corrected chi connectivity index (χ3v) is 6.35. The first-order valence-corrected chi connectivity index (χ1v) is 10.9. The molecule has 2 aromatic carbocycles. The highest BCUT2D eigenvalue weighted by molar-refractivity contribution is 7.92. The Morgan fingerprint density at radius 1 is 1.11 bits per heavy atom. The number of likely N-dealkylation sites (N-methyl/N-ethyl adjacent to an activating group) is 1. The molecule has 0 saturated carbocycles. The third-order valence-electron chi connectivity index (χ3n) is 4.24. The van der Waals surface area contributed by atoms with Crippen molar-refractivity contribution < 1.29 is 13.2 Å². The molecule has 2 aromatic rings. The molecule has 0 saturated heterocycles. The van der Waals surface area contributed by atoms with Crippen LogP contribution in [0.3, 0.4) is 0 Å². The van der Waals surface area contributed by atoms with Gasteiger partial charge in [-0.3, -0.25) is 9.52 Å². The fourth-order valence-electron chi connectivity index (χ4n) is 2.33. The SMILES string of the molecule is CCN(C)CCNC(=O)c1cc(S(=O)(=O)Nc2ccc(C)c(Cl)c2)ccc1Cl. The first-order valence-electron chi connectivity index (χ1n) is 8.69. The van der Waals surface area contributed by atoms with Crippen molar-refractivity contribution in [3.05, 3.63) is 57.6 Å². The van der Waals surface area contributed by atoms with Crippen LogP contribution in [0, 0.1) is 6.92 Å². The van der Waals surface area contributed by atoms with E-state index in [2.05, 4.69) is 10.0 Å². The molecular formula is C19H23Cl2N3O3S. The van der Waals surface area contributed by atoms with Crippen LogP contribution in [0.4, 0.5) is 5.69 Å². The quantitative estimate of drug-likeness (QED) is 0.650. The molecule has 6 nitrogen and oxygen atoms in total. The summed E-state index contributed by atoms with van der Waals surface area (Å²) >= 11 is 12.2. The summed E-state index contributed by atoms with van der Waals surface area (Å²) in [6, 6.07) is 8.87. The van der Waals surface area contributed by atoms with Crippen LogP contribution < -0.4 is 10.0 Å². The van der Waals surface area contributed by atoms with Gasteiger partial charge in [0.25, 0.3) is 15.9 Å². The summed E-state index contributed by atoms with van der Waals surface area (Å²) in [7, 11) is -1.97. The number of sulfonamides is 1. The Kier molecular flexibility index (Phi) is 7.71. The molecule has 0 spiro atoms. The Hall–Kier alpha value is -1.80. The van der Waals surface area contributed by atoms with E-state index in [1.165, 1.54) is 24.3 Å². The lowest BCUT2D eigenvalue weighted by Gasteiger charge is -2.15. The number of aryl methyl sites for hydroxylation is 1. The lowest BCUT2D eigenvalue weighted by Crippen LogP contribution is -2.33. The van der Waals surface area contributed by atoms with Gasteiger partial charge in [0.15, 0.2) is 0 Å². The predicted molar refractivity (Wildman–Crippen MR) is 114 cm³/mol. The molecule has 0 fully saturated rings. The van der Waals surface area contributed by atoms with Crippen molar-refractivity contribution in [3.8, 4) is 0 Å². The molecule has 0 aliphatic carbocycles. The zero-order valence-electron chi connectivity index (χ0n) is 15.9. The van der Waals surface area contributed by atoms with Crippen LogP contribution in [0.5, 0.6) is 0 Å². The average Bonchev–Trinajstić information content (AvgIpc) is 2.64. The topological polar surface area (TPSA) is 78.5 Å². The minimum atomic E-state index is -3.91. The number of anilines is 1. The van der Waals surface area contributed by atoms with Gasteiger partial charge >= 0.3 is 0 Å². The summed E-state index contributed by atoms with van der Waals surface area (Å²) in [5.74, 6) is -0.426. The Morgan fingerprint density at radius 2 is 1.82 bits per heavy atom. The highest BCUT2D eigenvalue weighted by atomic mass is 35.5. The minimum absolute atomic E-state index is 0.0653. The first kappa shape index (κ1) is 22.5. The van der Waals surface area contributed by atoms with Crippen molar-refractivity contribution in [3.63, 3.8) is 0 Å². The lowest BCUT2D eigenvalue weighted by molar-refractivity contribution is 0.0950. The molecule has 9 heteroatoms. The number of hydrogen-bond donors (Lipinski definition) is 2. The van der Waals surface area contributed by atoms with Gasteiger partial charge in [-0.1, -0.05) is 36.2 Å². The Morgan fingerprint density at radius 3 is 2.46 bits per heavy atom. The molecule has 2 N–H and O–H groups in total. The Balaban J connectivity index is 2.20. The monoisotopic (exact) mass is 443 g/mol. The number of hydrogen-bond acceptors (Lipinski definition) is 4. The maximum atomic E-state index is 12.7. The minimum Gasteiger partial charge on any atom is -0.351 e. The number of halogens is 2. The Bertz CT molecular complexity index is 965. The smallest absolute Gasteiger partial charge is 0.261 e. The fraction of sp³-hybridized carbons (Fsp3) is 0.316. The van der Waals surface area contributed by atoms with Gasteiger partial charge in [0.05, 0.1) is 21.2 Å². The average molecular weight is 444 g/mol. The van der Waals surface area contributed by atoms with E-state index in [1.807, 2.05) is 25.8 Å². The van der Waals surface area contributed by atoms with Crippen molar-refractivity contribution in [2.75, 3.05) is 31.4 Å². The molecule has 0 aliphatic rings. The van der Waals surface area contributed by atoms with E-state index in [9.17, 15) is 13.2 Å². The van der Waals surface area contributed by atoms with E-state index in [4.69, 9.17) is 23.2 Å². The van der Waals surface area contributed by atoms with Crippen molar-refractivity contribution >= 4 is 44.8 Å². The lowest BCUT2D eigenvalue weighted by atomic mass is 10.2. The third kappa shape index (κ3) is 5.85. The highest BCUT2D eigenvalue weighted by Gasteiger charge is 2.19. The predicted octanol–water partition coefficient (Wildman–Crippen LogP) is 3.78. The van der Waals surface area contributed by atoms with Gasteiger partial charge in [-0.15, -0.1) is 0 Å². The molecule has 0 bridgehead atoms. The molecule has 2 rings (SSSR count). The second-order valence-corrected chi connectivity index (χ2v) is 8.86. The van der Waals surface area contributed by atoms with Gasteiger partial charge in [-0.05, 0) is 56.4 Å². The first-order chi connectivity index (χ1) is 13.1. The van der Waals surface area contributed by atoms with E-state index < -0.39 is 15.9 Å². The highest BCUT2D eigenvalue weighted by Crippen LogP contribution is 2.25. The number of rotatable bonds is 8. The number of carbonyl (C=O) groups is 1. The largest absolute Gasteiger partial charge is 0.351 e. The van der Waals surface area contributed by atoms with Crippen LogP contribution in [0.15, 0.2) is 41.3 Å². The molecule has 0 aliphatic heterocycles. The van der Waals surface area contributed by atoms with E-state index >= 15 is 0 Å². The van der Waals surface area contributed by atoms with E-state index in [1.54, 1.807) is 12.1 Å².